The minimum Gasteiger partial charge on any atom is -0.348 e. The number of nitrogens with one attached hydrogen (secondary N) is 1. The van der Waals surface area contributed by atoms with Crippen LogP contribution in [-0.2, 0) is 6.98 Å². The molecule has 2 aliphatic rings. The highest BCUT2D eigenvalue weighted by Crippen LogP contribution is 2.32. The van der Waals surface area contributed by atoms with Gasteiger partial charge in [-0.3, -0.25) is 9.48 Å². The molecule has 1 aromatic carbocycles. The van der Waals surface area contributed by atoms with Crippen molar-refractivity contribution in [1.82, 2.24) is 20.0 Å². The van der Waals surface area contributed by atoms with E-state index >= 15 is 0 Å². The number of amides is 1. The normalized spacial score (nSPS) is 59.3. The highest BCUT2D eigenvalue weighted by Gasteiger charge is 2.36. The van der Waals surface area contributed by atoms with Crippen LogP contribution >= 0.6 is 0 Å². The van der Waals surface area contributed by atoms with Crippen molar-refractivity contribution >= 4 is 16.8 Å². The molecular weight excluding hydrogens is 288 g/mol. The molecule has 122 valence electrons. The van der Waals surface area contributed by atoms with Crippen LogP contribution in [0.25, 0.3) is 10.9 Å². The van der Waals surface area contributed by atoms with Gasteiger partial charge in [-0.05, 0) is 38.6 Å². The molecule has 1 amide bonds. The molecule has 2 aromatic rings. The highest BCUT2D eigenvalue weighted by molar-refractivity contribution is 6.04. The van der Waals surface area contributed by atoms with Crippen LogP contribution in [0.1, 0.15) is 64.3 Å². The number of fused-ring (bicyclic) bond motifs is 3. The Kier molecular flexibility index (Phi) is 1.30. The number of nitrogens with zero attached hydrogens (tertiary/aromatic N) is 3. The first-order valence-corrected chi connectivity index (χ1v) is 6.80. The van der Waals surface area contributed by atoms with E-state index in [1.807, 2.05) is 0 Å². The lowest BCUT2D eigenvalue weighted by Gasteiger charge is -2.47. The summed E-state index contributed by atoms with van der Waals surface area (Å²) in [6.07, 6.45) is -19.2. The number of para-hydroxylation sites is 1. The van der Waals surface area contributed by atoms with Crippen molar-refractivity contribution in [3.63, 3.8) is 0 Å². The van der Waals surface area contributed by atoms with Crippen LogP contribution in [0.3, 0.4) is 0 Å². The predicted molar refractivity (Wildman–Crippen MR) is 90.4 cm³/mol. The van der Waals surface area contributed by atoms with Crippen molar-refractivity contribution in [2.24, 2.45) is 6.98 Å². The summed E-state index contributed by atoms with van der Waals surface area (Å²) in [4.78, 5) is 13.6. The maximum atomic E-state index is 13.5. The van der Waals surface area contributed by atoms with E-state index in [9.17, 15) is 4.79 Å². The Hall–Kier alpha value is -1.88. The standard InChI is InChI=1S/C18H24N4O/c1-21-13-6-5-7-14(21)11-12(10-13)19-18(23)17-15-8-3-4-9-16(15)22(2)20-17/h3-4,8-9,12-14H,5-7,10-11H2,1-2H3,(H,19,23)/t13-,14-/m1/s1/i2D3,5D2,6D2,7D2,10D2,11D2,12D,13D,14D. The molecule has 0 spiro atoms. The molecule has 2 fully saturated rings. The summed E-state index contributed by atoms with van der Waals surface area (Å²) in [5.41, 5.74) is -0.758. The monoisotopic (exact) mass is 328 g/mol. The van der Waals surface area contributed by atoms with Gasteiger partial charge in [0.05, 0.1) is 6.89 Å². The van der Waals surface area contributed by atoms with Crippen LogP contribution in [0.5, 0.6) is 0 Å². The van der Waals surface area contributed by atoms with Crippen LogP contribution < -0.4 is 5.32 Å². The van der Waals surface area contributed by atoms with Gasteiger partial charge in [0.25, 0.3) is 5.91 Å². The molecule has 3 heterocycles. The van der Waals surface area contributed by atoms with E-state index in [-0.39, 0.29) is 15.8 Å². The van der Waals surface area contributed by atoms with E-state index in [1.165, 1.54) is 24.3 Å². The molecule has 23 heavy (non-hydrogen) atoms. The maximum absolute atomic E-state index is 13.5. The Labute approximate surface area is 159 Å². The van der Waals surface area contributed by atoms with Crippen molar-refractivity contribution in [3.05, 3.63) is 30.0 Å². The zero-order valence-corrected chi connectivity index (χ0v) is 12.1. The lowest BCUT2D eigenvalue weighted by Crippen LogP contribution is -2.55. The minimum absolute atomic E-state index is 0.0669. The average molecular weight is 329 g/mol. The number of piperidine rings is 2. The number of hydrogen-bond acceptors (Lipinski definition) is 3. The summed E-state index contributed by atoms with van der Waals surface area (Å²) < 4.78 is 135. The molecule has 0 aliphatic carbocycles. The highest BCUT2D eigenvalue weighted by atomic mass is 16.2. The van der Waals surface area contributed by atoms with Crippen molar-refractivity contribution in [1.29, 1.82) is 0 Å². The van der Waals surface area contributed by atoms with Gasteiger partial charge in [0.1, 0.15) is 0 Å². The van der Waals surface area contributed by atoms with E-state index in [0.29, 0.717) is 11.7 Å². The quantitative estimate of drug-likeness (QED) is 0.920. The number of hydrogen-bond donors (Lipinski definition) is 1. The van der Waals surface area contributed by atoms with Crippen LogP contribution in [0.4, 0.5) is 0 Å². The number of carbonyl (C=O) groups is 1. The molecule has 0 radical (unpaired) electrons. The van der Waals surface area contributed by atoms with Gasteiger partial charge in [0, 0.05) is 51.0 Å². The molecule has 2 aliphatic heterocycles. The summed E-state index contributed by atoms with van der Waals surface area (Å²) in [5.74, 6) is -1.52. The fraction of sp³-hybridized carbons (Fsp3) is 0.556. The van der Waals surface area contributed by atoms with Crippen molar-refractivity contribution in [2.45, 2.75) is 49.9 Å². The van der Waals surface area contributed by atoms with Gasteiger partial charge < -0.3 is 10.2 Å². The average Bonchev–Trinajstić information content (AvgIpc) is 3.20. The van der Waals surface area contributed by atoms with E-state index in [1.54, 1.807) is 5.32 Å². The molecule has 0 unspecified atom stereocenters. The Balaban J connectivity index is 1.99. The van der Waals surface area contributed by atoms with Crippen molar-refractivity contribution in [3.8, 4) is 0 Å². The number of aryl methyl sites for hydroxylation is 1. The molecule has 5 heteroatoms. The number of rotatable bonds is 2. The Morgan fingerprint density at radius 1 is 1.39 bits per heavy atom. The minimum atomic E-state index is -3.87. The first-order valence-electron chi connectivity index (χ1n) is 14.8. The molecule has 4 rings (SSSR count). The molecule has 2 saturated heterocycles. The zero-order valence-electron chi connectivity index (χ0n) is 28.1. The summed E-state index contributed by atoms with van der Waals surface area (Å²) in [6, 6.07) is -5.64. The molecule has 2 bridgehead atoms. The molecular formula is C18H24N4O. The molecule has 5 nitrogen and oxygen atoms in total. The van der Waals surface area contributed by atoms with Gasteiger partial charge in [0.2, 0.25) is 0 Å². The third kappa shape index (κ3) is 2.53. The SMILES string of the molecule is [2H]C([2H])([2H])n1nc(C(=O)NC2([2H])C([2H])([2H])[C@]3([2H])N(C)[C@]([2H])(C([2H])([2H])C([2H])([2H])C3([2H])[2H])C2([2H])[2H])c2ccccc21. The van der Waals surface area contributed by atoms with Gasteiger partial charge in [-0.2, -0.15) is 5.10 Å². The second kappa shape index (κ2) is 5.64. The fourth-order valence-electron chi connectivity index (χ4n) is 2.40. The van der Waals surface area contributed by atoms with Crippen molar-refractivity contribution < 1.29 is 26.7 Å². The maximum Gasteiger partial charge on any atom is 0.272 e. The van der Waals surface area contributed by atoms with Gasteiger partial charge in [-0.1, -0.05) is 24.6 Å². The number of benzene rings is 1. The van der Waals surface area contributed by atoms with Gasteiger partial charge in [-0.25, -0.2) is 0 Å². The topological polar surface area (TPSA) is 50.2 Å². The van der Waals surface area contributed by atoms with Crippen LogP contribution in [0, 0.1) is 0 Å². The van der Waals surface area contributed by atoms with Gasteiger partial charge in [-0.15, -0.1) is 0 Å². The van der Waals surface area contributed by atoms with Gasteiger partial charge >= 0.3 is 0 Å². The van der Waals surface area contributed by atoms with Crippen LogP contribution in [0.15, 0.2) is 24.3 Å². The third-order valence-corrected chi connectivity index (χ3v) is 3.56. The Bertz CT molecular complexity index is 1320. The van der Waals surface area contributed by atoms with Crippen LogP contribution in [0.2, 0.25) is 0 Å². The second-order valence-corrected chi connectivity index (χ2v) is 4.99. The molecule has 1 aromatic heterocycles. The number of aromatic nitrogens is 2. The fourth-order valence-corrected chi connectivity index (χ4v) is 2.40. The van der Waals surface area contributed by atoms with Gasteiger partial charge in [0.15, 0.2) is 5.69 Å². The molecule has 1 N–H and O–H groups in total. The smallest absolute Gasteiger partial charge is 0.272 e. The third-order valence-electron chi connectivity index (χ3n) is 3.56. The number of carbonyl (C=O) groups excluding carboxylic acids is 1. The first-order chi connectivity index (χ1) is 17.2. The van der Waals surface area contributed by atoms with Crippen molar-refractivity contribution in [2.75, 3.05) is 7.05 Å². The molecule has 2 atom stereocenters. The Morgan fingerprint density at radius 3 is 2.87 bits per heavy atom. The van der Waals surface area contributed by atoms with Crippen LogP contribution in [-0.4, -0.2) is 45.7 Å². The largest absolute Gasteiger partial charge is 0.348 e. The zero-order chi connectivity index (χ0) is 30.2. The molecule has 0 saturated carbocycles. The summed E-state index contributed by atoms with van der Waals surface area (Å²) in [5, 5.41) is 5.41. The second-order valence-electron chi connectivity index (χ2n) is 4.99. The summed E-state index contributed by atoms with van der Waals surface area (Å²) in [7, 11) is 0.688. The van der Waals surface area contributed by atoms with E-state index in [0.717, 1.165) is 0 Å². The Morgan fingerprint density at radius 2 is 2.13 bits per heavy atom. The summed E-state index contributed by atoms with van der Waals surface area (Å²) in [6.45, 7) is -2.89. The lowest BCUT2D eigenvalue weighted by atomic mass is 9.82. The van der Waals surface area contributed by atoms with E-state index in [2.05, 4.69) is 5.10 Å². The van der Waals surface area contributed by atoms with E-state index < -0.39 is 68.5 Å². The summed E-state index contributed by atoms with van der Waals surface area (Å²) >= 11 is 0. The predicted octanol–water partition coefficient (Wildman–Crippen LogP) is 2.32. The van der Waals surface area contributed by atoms with E-state index in [4.69, 9.17) is 21.9 Å². The first kappa shape index (κ1) is 5.31. The lowest BCUT2D eigenvalue weighted by molar-refractivity contribution is 0.0462.